The first-order valence-corrected chi connectivity index (χ1v) is 3.53. The van der Waals surface area contributed by atoms with Gasteiger partial charge in [-0.3, -0.25) is 0 Å². The maximum absolute atomic E-state index is 3.13. The first-order chi connectivity index (χ1) is 2.91. The predicted octanol–water partition coefficient (Wildman–Crippen LogP) is 2.72. The van der Waals surface area contributed by atoms with Crippen molar-refractivity contribution in [3.8, 4) is 0 Å². The van der Waals surface area contributed by atoms with E-state index in [1.807, 2.05) is 0 Å². The molecule has 0 unspecified atom stereocenters. The molecule has 0 fully saturated rings. The third-order valence-electron chi connectivity index (χ3n) is 0.715. The third-order valence-corrected chi connectivity index (χ3v) is 1.26. The van der Waals surface area contributed by atoms with Crippen molar-refractivity contribution in [3.63, 3.8) is 0 Å². The molecule has 7 heavy (non-hydrogen) atoms. The Balaban J connectivity index is 0. The minimum atomic E-state index is 0. The van der Waals surface area contributed by atoms with Crippen molar-refractivity contribution in [1.82, 2.24) is 0 Å². The van der Waals surface area contributed by atoms with Crippen LogP contribution >= 0.6 is 17.0 Å². The second kappa shape index (κ2) is 10.2. The topological polar surface area (TPSA) is 0 Å². The average molecular weight is 258 g/mol. The zero-order valence-corrected chi connectivity index (χ0v) is 7.82. The zero-order chi connectivity index (χ0) is 4.83. The summed E-state index contributed by atoms with van der Waals surface area (Å²) in [6.07, 6.45) is 4.05. The fourth-order valence-corrected chi connectivity index (χ4v) is 0.718. The van der Waals surface area contributed by atoms with E-state index in [9.17, 15) is 0 Å². The van der Waals surface area contributed by atoms with Crippen LogP contribution < -0.4 is 0 Å². The molecule has 0 aliphatic carbocycles. The van der Waals surface area contributed by atoms with E-state index >= 15 is 0 Å². The van der Waals surface area contributed by atoms with Gasteiger partial charge in [0.05, 0.1) is 0 Å². The van der Waals surface area contributed by atoms with Crippen LogP contribution in [-0.4, -0.2) is 0 Å². The fourth-order valence-electron chi connectivity index (χ4n) is 0.329. The van der Waals surface area contributed by atoms with E-state index in [4.69, 9.17) is 0 Å². The van der Waals surface area contributed by atoms with Gasteiger partial charge in [0.1, 0.15) is 0 Å². The van der Waals surface area contributed by atoms with Crippen LogP contribution in [0.1, 0.15) is 26.2 Å². The molecule has 0 spiro atoms. The number of hydrogen-bond donors (Lipinski definition) is 0. The van der Waals surface area contributed by atoms with Gasteiger partial charge < -0.3 is 0 Å². The van der Waals surface area contributed by atoms with Gasteiger partial charge in [-0.25, -0.2) is 0 Å². The zero-order valence-electron chi connectivity index (χ0n) is 4.55. The first kappa shape index (κ1) is 11.0. The molecule has 0 rings (SSSR count). The Morgan fingerprint density at radius 2 is 1.86 bits per heavy atom. The molecule has 0 N–H and O–H groups in total. The van der Waals surface area contributed by atoms with Gasteiger partial charge in [0.15, 0.2) is 0 Å². The molecular weight excluding hydrogens is 246 g/mol. The van der Waals surface area contributed by atoms with Crippen molar-refractivity contribution >= 4 is 17.0 Å². The van der Waals surface area contributed by atoms with Crippen LogP contribution in [0.25, 0.3) is 0 Å². The summed E-state index contributed by atoms with van der Waals surface area (Å²) >= 11 is 3.13. The number of hydrogen-bond acceptors (Lipinski definition) is 0. The van der Waals surface area contributed by atoms with Crippen molar-refractivity contribution in [2.45, 2.75) is 31.1 Å². The molecule has 0 aliphatic rings. The van der Waals surface area contributed by atoms with Gasteiger partial charge in [-0.2, -0.15) is 0 Å². The van der Waals surface area contributed by atoms with E-state index in [2.05, 4.69) is 26.1 Å². The first-order valence-electron chi connectivity index (χ1n) is 2.43. The normalized spacial score (nSPS) is 7.86. The van der Waals surface area contributed by atoms with Gasteiger partial charge >= 0.3 is 50.3 Å². The molecule has 0 heterocycles. The van der Waals surface area contributed by atoms with Crippen LogP contribution in [0.4, 0.5) is 0 Å². The Labute approximate surface area is 67.2 Å². The average Bonchev–Trinajstić information content (AvgIpc) is 1.61. The molecular formula is C5H12BrPd. The van der Waals surface area contributed by atoms with Crippen molar-refractivity contribution in [3.05, 3.63) is 0 Å². The van der Waals surface area contributed by atoms with Crippen molar-refractivity contribution in [2.24, 2.45) is 0 Å². The molecule has 0 aromatic heterocycles. The Kier molecular flexibility index (Phi) is 16.0. The second-order valence-corrected chi connectivity index (χ2v) is 2.14. The van der Waals surface area contributed by atoms with Gasteiger partial charge in [-0.05, 0) is 0 Å². The molecule has 0 saturated heterocycles. The van der Waals surface area contributed by atoms with Crippen LogP contribution in [-0.2, 0) is 19.2 Å². The van der Waals surface area contributed by atoms with Gasteiger partial charge in [0, 0.05) is 0 Å². The molecule has 0 aromatic carbocycles. The molecule has 49 valence electrons. The molecule has 0 aliphatic heterocycles. The summed E-state index contributed by atoms with van der Waals surface area (Å²) in [5.41, 5.74) is 0. The van der Waals surface area contributed by atoms with E-state index in [1.165, 1.54) is 24.2 Å². The minimum absolute atomic E-state index is 0. The molecule has 0 nitrogen and oxygen atoms in total. The van der Waals surface area contributed by atoms with Crippen LogP contribution in [0.3, 0.4) is 0 Å². The molecule has 0 aromatic rings. The summed E-state index contributed by atoms with van der Waals surface area (Å²) in [7, 11) is 0. The van der Waals surface area contributed by atoms with Crippen LogP contribution in [0.2, 0.25) is 4.89 Å². The van der Waals surface area contributed by atoms with Gasteiger partial charge in [0.2, 0.25) is 0 Å². The van der Waals surface area contributed by atoms with E-state index in [0.717, 1.165) is 0 Å². The Hall–Kier alpha value is 1.14. The van der Waals surface area contributed by atoms with Crippen LogP contribution in [0, 0.1) is 0 Å². The van der Waals surface area contributed by atoms with Gasteiger partial charge in [-0.1, -0.05) is 0 Å². The standard InChI is InChI=1S/C5H11.BrH.Pd/c1-3-5-4-2;;/h1,3-5H2,2H3;1H;. The monoisotopic (exact) mass is 257 g/mol. The summed E-state index contributed by atoms with van der Waals surface area (Å²) in [6, 6.07) is 0. The van der Waals surface area contributed by atoms with E-state index in [0.29, 0.717) is 0 Å². The number of rotatable bonds is 3. The van der Waals surface area contributed by atoms with Crippen molar-refractivity contribution < 1.29 is 19.2 Å². The molecule has 0 amide bonds. The molecule has 0 bridgehead atoms. The summed E-state index contributed by atoms with van der Waals surface area (Å²) in [6.45, 7) is 2.22. The Morgan fingerprint density at radius 1 is 1.29 bits per heavy atom. The quantitative estimate of drug-likeness (QED) is 0.539. The van der Waals surface area contributed by atoms with Crippen LogP contribution in [0.5, 0.6) is 0 Å². The summed E-state index contributed by atoms with van der Waals surface area (Å²) in [5, 5.41) is 0. The summed E-state index contributed by atoms with van der Waals surface area (Å²) in [5.74, 6) is 0. The molecule has 2 heteroatoms. The predicted molar refractivity (Wildman–Crippen MR) is 34.7 cm³/mol. The molecule has 0 saturated carbocycles. The van der Waals surface area contributed by atoms with E-state index in [-0.39, 0.29) is 17.0 Å². The fraction of sp³-hybridized carbons (Fsp3) is 1.00. The Bertz CT molecular complexity index is 20.0. The molecule has 0 atom stereocenters. The van der Waals surface area contributed by atoms with Crippen molar-refractivity contribution in [1.29, 1.82) is 0 Å². The number of unbranched alkanes of at least 4 members (excludes halogenated alkanes) is 2. The Morgan fingerprint density at radius 3 is 2.00 bits per heavy atom. The number of halogens is 1. The summed E-state index contributed by atoms with van der Waals surface area (Å²) in [4.78, 5) is 1.20. The van der Waals surface area contributed by atoms with E-state index < -0.39 is 0 Å². The van der Waals surface area contributed by atoms with Gasteiger partial charge in [-0.15, -0.1) is 17.0 Å². The molecule has 0 radical (unpaired) electrons. The van der Waals surface area contributed by atoms with E-state index in [1.54, 1.807) is 0 Å². The maximum atomic E-state index is 3.13. The van der Waals surface area contributed by atoms with Crippen LogP contribution in [0.15, 0.2) is 0 Å². The van der Waals surface area contributed by atoms with Gasteiger partial charge in [0.25, 0.3) is 0 Å². The van der Waals surface area contributed by atoms with Crippen molar-refractivity contribution in [2.75, 3.05) is 0 Å². The second-order valence-electron chi connectivity index (χ2n) is 1.37. The third kappa shape index (κ3) is 11.0. The SMILES string of the molecule is Br.CCCC[CH2][Pd]. The summed E-state index contributed by atoms with van der Waals surface area (Å²) < 4.78 is 0.